The van der Waals surface area contributed by atoms with E-state index in [1.54, 1.807) is 0 Å². The van der Waals surface area contributed by atoms with E-state index in [2.05, 4.69) is 24.3 Å². The smallest absolute Gasteiger partial charge is 0.211 e. The molecule has 0 spiro atoms. The Balaban J connectivity index is 2.51. The van der Waals surface area contributed by atoms with Crippen molar-refractivity contribution in [1.82, 2.24) is 9.78 Å². The molecule has 4 heteroatoms. The highest BCUT2D eigenvalue weighted by Crippen LogP contribution is 2.21. The average molecular weight is 203 g/mol. The molecule has 0 unspecified atom stereocenters. The molecule has 0 fully saturated rings. The van der Waals surface area contributed by atoms with E-state index in [4.69, 9.17) is 0 Å². The lowest BCUT2D eigenvalue weighted by atomic mass is 10.2. The maximum Gasteiger partial charge on any atom is 0.211 e. The lowest BCUT2D eigenvalue weighted by Gasteiger charge is -2.07. The van der Waals surface area contributed by atoms with E-state index in [9.17, 15) is 4.79 Å². The van der Waals surface area contributed by atoms with Crippen molar-refractivity contribution >= 4 is 23.0 Å². The van der Waals surface area contributed by atoms with Gasteiger partial charge < -0.3 is 5.32 Å². The second-order valence-corrected chi connectivity index (χ2v) is 3.72. The molecule has 1 heterocycles. The molecule has 1 amide bonds. The average Bonchev–Trinajstić information content (AvgIpc) is 2.61. The van der Waals surface area contributed by atoms with Crippen molar-refractivity contribution < 1.29 is 4.79 Å². The predicted molar refractivity (Wildman–Crippen MR) is 59.8 cm³/mol. The molecule has 0 saturated heterocycles. The van der Waals surface area contributed by atoms with Crippen LogP contribution in [0.2, 0.25) is 0 Å². The molecule has 0 radical (unpaired) electrons. The normalized spacial score (nSPS) is 10.9. The Hall–Kier alpha value is -1.84. The predicted octanol–water partition coefficient (Wildman–Crippen LogP) is 2.19. The van der Waals surface area contributed by atoms with Crippen molar-refractivity contribution in [2.45, 2.75) is 19.9 Å². The van der Waals surface area contributed by atoms with Gasteiger partial charge >= 0.3 is 0 Å². The molecule has 15 heavy (non-hydrogen) atoms. The van der Waals surface area contributed by atoms with Crippen LogP contribution in [0.4, 0.5) is 5.69 Å². The summed E-state index contributed by atoms with van der Waals surface area (Å²) in [5.41, 5.74) is 1.88. The third kappa shape index (κ3) is 1.70. The van der Waals surface area contributed by atoms with Crippen molar-refractivity contribution in [2.24, 2.45) is 0 Å². The number of aromatic nitrogens is 2. The van der Waals surface area contributed by atoms with Gasteiger partial charge in [-0.15, -0.1) is 0 Å². The van der Waals surface area contributed by atoms with Gasteiger partial charge in [-0.05, 0) is 32.0 Å². The van der Waals surface area contributed by atoms with Gasteiger partial charge in [-0.3, -0.25) is 9.48 Å². The number of rotatable bonds is 3. The van der Waals surface area contributed by atoms with Gasteiger partial charge in [0.05, 0.1) is 11.7 Å². The van der Waals surface area contributed by atoms with Crippen LogP contribution in [0.1, 0.15) is 19.9 Å². The van der Waals surface area contributed by atoms with Crippen LogP contribution in [0.15, 0.2) is 24.4 Å². The number of hydrogen-bond donors (Lipinski definition) is 1. The zero-order valence-corrected chi connectivity index (χ0v) is 8.77. The Labute approximate surface area is 87.9 Å². The molecule has 2 aromatic rings. The summed E-state index contributed by atoms with van der Waals surface area (Å²) < 4.78 is 1.96. The number of fused-ring (bicyclic) bond motifs is 1. The third-order valence-corrected chi connectivity index (χ3v) is 2.31. The highest BCUT2D eigenvalue weighted by molar-refractivity contribution is 5.85. The maximum atomic E-state index is 10.3. The maximum absolute atomic E-state index is 10.3. The van der Waals surface area contributed by atoms with E-state index < -0.39 is 0 Å². The monoisotopic (exact) mass is 203 g/mol. The van der Waals surface area contributed by atoms with Gasteiger partial charge in [-0.1, -0.05) is 0 Å². The van der Waals surface area contributed by atoms with Crippen molar-refractivity contribution in [3.05, 3.63) is 24.4 Å². The SMILES string of the molecule is CC(C)n1ncc2cc(NC=O)ccc21. The van der Waals surface area contributed by atoms with Crippen LogP contribution < -0.4 is 5.32 Å². The highest BCUT2D eigenvalue weighted by atomic mass is 16.1. The molecular formula is C11H13N3O. The minimum absolute atomic E-state index is 0.340. The second-order valence-electron chi connectivity index (χ2n) is 3.72. The van der Waals surface area contributed by atoms with Crippen molar-refractivity contribution in [3.8, 4) is 0 Å². The number of anilines is 1. The standard InChI is InChI=1S/C11H13N3O/c1-8(2)14-11-4-3-10(12-7-15)5-9(11)6-13-14/h3-8H,1-2H3,(H,12,15). The summed E-state index contributed by atoms with van der Waals surface area (Å²) in [7, 11) is 0. The minimum atomic E-state index is 0.340. The summed E-state index contributed by atoms with van der Waals surface area (Å²) in [6.45, 7) is 4.17. The van der Waals surface area contributed by atoms with Gasteiger partial charge in [0, 0.05) is 17.1 Å². The molecule has 1 N–H and O–H groups in total. The quantitative estimate of drug-likeness (QED) is 0.777. The molecule has 0 aliphatic rings. The lowest BCUT2D eigenvalue weighted by Crippen LogP contribution is -2.01. The van der Waals surface area contributed by atoms with Crippen LogP contribution in [0, 0.1) is 0 Å². The van der Waals surface area contributed by atoms with Crippen LogP contribution in [-0.4, -0.2) is 16.2 Å². The van der Waals surface area contributed by atoms with Gasteiger partial charge in [-0.2, -0.15) is 5.10 Å². The fourth-order valence-corrected chi connectivity index (χ4v) is 1.62. The van der Waals surface area contributed by atoms with Gasteiger partial charge in [0.1, 0.15) is 0 Å². The topological polar surface area (TPSA) is 46.9 Å². The number of amides is 1. The fraction of sp³-hybridized carbons (Fsp3) is 0.273. The van der Waals surface area contributed by atoms with Crippen LogP contribution in [0.3, 0.4) is 0 Å². The Morgan fingerprint density at radius 2 is 2.27 bits per heavy atom. The van der Waals surface area contributed by atoms with Gasteiger partial charge in [-0.25, -0.2) is 0 Å². The van der Waals surface area contributed by atoms with E-state index in [0.29, 0.717) is 12.5 Å². The van der Waals surface area contributed by atoms with Gasteiger partial charge in [0.15, 0.2) is 0 Å². The Morgan fingerprint density at radius 1 is 1.47 bits per heavy atom. The summed E-state index contributed by atoms with van der Waals surface area (Å²) in [5, 5.41) is 7.95. The van der Waals surface area contributed by atoms with Crippen LogP contribution in [0.5, 0.6) is 0 Å². The van der Waals surface area contributed by atoms with Crippen LogP contribution >= 0.6 is 0 Å². The number of nitrogens with one attached hydrogen (secondary N) is 1. The van der Waals surface area contributed by atoms with E-state index >= 15 is 0 Å². The number of carbonyl (C=O) groups is 1. The zero-order chi connectivity index (χ0) is 10.8. The Kier molecular flexibility index (Phi) is 2.41. The van der Waals surface area contributed by atoms with Crippen LogP contribution in [-0.2, 0) is 4.79 Å². The molecule has 0 aliphatic carbocycles. The molecule has 4 nitrogen and oxygen atoms in total. The number of carbonyl (C=O) groups excluding carboxylic acids is 1. The van der Waals surface area contributed by atoms with E-state index in [1.165, 1.54) is 0 Å². The Morgan fingerprint density at radius 3 is 2.93 bits per heavy atom. The van der Waals surface area contributed by atoms with Crippen molar-refractivity contribution in [2.75, 3.05) is 5.32 Å². The first-order chi connectivity index (χ1) is 7.22. The molecule has 2 rings (SSSR count). The summed E-state index contributed by atoms with van der Waals surface area (Å²) in [4.78, 5) is 10.3. The number of hydrogen-bond acceptors (Lipinski definition) is 2. The summed E-state index contributed by atoms with van der Waals surface area (Å²) in [6, 6.07) is 6.09. The first kappa shape index (κ1) is 9.71. The Bertz CT molecular complexity index is 488. The second kappa shape index (κ2) is 3.73. The lowest BCUT2D eigenvalue weighted by molar-refractivity contribution is -0.105. The molecular weight excluding hydrogens is 190 g/mol. The largest absolute Gasteiger partial charge is 0.329 e. The molecule has 0 bridgehead atoms. The van der Waals surface area contributed by atoms with E-state index in [0.717, 1.165) is 16.6 Å². The van der Waals surface area contributed by atoms with Gasteiger partial charge in [0.25, 0.3) is 0 Å². The first-order valence-corrected chi connectivity index (χ1v) is 4.90. The summed E-state index contributed by atoms with van der Waals surface area (Å²) >= 11 is 0. The molecule has 0 saturated carbocycles. The summed E-state index contributed by atoms with van der Waals surface area (Å²) in [6.07, 6.45) is 2.49. The molecule has 1 aromatic heterocycles. The van der Waals surface area contributed by atoms with Crippen LogP contribution in [0.25, 0.3) is 10.9 Å². The zero-order valence-electron chi connectivity index (χ0n) is 8.77. The molecule has 78 valence electrons. The first-order valence-electron chi connectivity index (χ1n) is 4.90. The molecule has 0 aliphatic heterocycles. The number of nitrogens with zero attached hydrogens (tertiary/aromatic N) is 2. The van der Waals surface area contributed by atoms with E-state index in [-0.39, 0.29) is 0 Å². The minimum Gasteiger partial charge on any atom is -0.329 e. The third-order valence-electron chi connectivity index (χ3n) is 2.31. The van der Waals surface area contributed by atoms with E-state index in [1.807, 2.05) is 29.1 Å². The molecule has 0 atom stereocenters. The summed E-state index contributed by atoms with van der Waals surface area (Å²) in [5.74, 6) is 0. The van der Waals surface area contributed by atoms with Crippen molar-refractivity contribution in [3.63, 3.8) is 0 Å². The number of benzene rings is 1. The molecule has 1 aromatic carbocycles. The highest BCUT2D eigenvalue weighted by Gasteiger charge is 2.05. The van der Waals surface area contributed by atoms with Gasteiger partial charge in [0.2, 0.25) is 6.41 Å². The fourth-order valence-electron chi connectivity index (χ4n) is 1.62. The van der Waals surface area contributed by atoms with Crippen molar-refractivity contribution in [1.29, 1.82) is 0 Å².